The van der Waals surface area contributed by atoms with Gasteiger partial charge in [-0.15, -0.1) is 16.9 Å². The van der Waals surface area contributed by atoms with Crippen molar-refractivity contribution >= 4 is 41.3 Å². The molecule has 0 bridgehead atoms. The number of hydrogen-bond donors (Lipinski definition) is 6. The van der Waals surface area contributed by atoms with Gasteiger partial charge in [-0.25, -0.2) is 9.48 Å². The molecule has 5 rings (SSSR count). The Balaban J connectivity index is 1.19. The summed E-state index contributed by atoms with van der Waals surface area (Å²) in [5.41, 5.74) is 5.50. The Hall–Kier alpha value is -3.53. The van der Waals surface area contributed by atoms with Crippen LogP contribution in [0.4, 0.5) is 0 Å². The molecule has 0 aromatic carbocycles. The number of nitrogens with two attached hydrogens (primary N) is 1. The number of hydrogen-bond acceptors (Lipinski definition) is 10. The monoisotopic (exact) mass is 560 g/mol. The van der Waals surface area contributed by atoms with E-state index >= 15 is 0 Å². The minimum Gasteiger partial charge on any atom is -0.478 e. The number of aliphatic carboxylic acids is 1. The summed E-state index contributed by atoms with van der Waals surface area (Å²) in [6.45, 7) is 5.13. The smallest absolute Gasteiger partial charge is 0.333 e. The van der Waals surface area contributed by atoms with Crippen molar-refractivity contribution in [1.82, 2.24) is 41.1 Å². The number of thioether (sulfide) groups is 1. The lowest BCUT2D eigenvalue weighted by Crippen LogP contribution is -2.64. The van der Waals surface area contributed by atoms with Crippen LogP contribution >= 0.6 is 11.8 Å². The molecule has 7 N–H and O–H groups in total. The Morgan fingerprint density at radius 1 is 1.36 bits per heavy atom. The molecule has 39 heavy (non-hydrogen) atoms. The van der Waals surface area contributed by atoms with Gasteiger partial charge in [0.1, 0.15) is 18.7 Å². The van der Waals surface area contributed by atoms with Crippen molar-refractivity contribution in [3.05, 3.63) is 16.8 Å². The lowest BCUT2D eigenvalue weighted by Gasteiger charge is -2.45. The van der Waals surface area contributed by atoms with E-state index in [1.807, 2.05) is 6.92 Å². The van der Waals surface area contributed by atoms with Gasteiger partial charge in [0.15, 0.2) is 5.96 Å². The Bertz CT molecular complexity index is 1220. The normalized spacial score (nSPS) is 30.8. The molecule has 3 fully saturated rings. The maximum absolute atomic E-state index is 13.2. The predicted octanol–water partition coefficient (Wildman–Crippen LogP) is -2.24. The minimum absolute atomic E-state index is 0.0161. The van der Waals surface area contributed by atoms with E-state index in [1.54, 1.807) is 11.8 Å². The van der Waals surface area contributed by atoms with Crippen LogP contribution in [0.2, 0.25) is 0 Å². The number of amides is 2. The summed E-state index contributed by atoms with van der Waals surface area (Å²) < 4.78 is 1.28. The second kappa shape index (κ2) is 10.6. The van der Waals surface area contributed by atoms with Crippen LogP contribution in [0.5, 0.6) is 0 Å². The Morgan fingerprint density at radius 2 is 2.10 bits per heavy atom. The summed E-state index contributed by atoms with van der Waals surface area (Å²) in [4.78, 5) is 53.2. The number of aromatic nitrogens is 4. The van der Waals surface area contributed by atoms with E-state index in [1.165, 1.54) is 22.8 Å². The van der Waals surface area contributed by atoms with Crippen molar-refractivity contribution in [2.75, 3.05) is 19.6 Å². The zero-order valence-corrected chi connectivity index (χ0v) is 22.4. The first-order valence-corrected chi connectivity index (χ1v) is 13.7. The first-order valence-electron chi connectivity index (χ1n) is 12.9. The van der Waals surface area contributed by atoms with E-state index in [0.29, 0.717) is 31.0 Å². The second-order valence-corrected chi connectivity index (χ2v) is 12.0. The number of rotatable bonds is 9. The molecule has 15 nitrogen and oxygen atoms in total. The number of ketones is 1. The van der Waals surface area contributed by atoms with Crippen LogP contribution in [0.1, 0.15) is 20.3 Å². The largest absolute Gasteiger partial charge is 0.478 e. The first kappa shape index (κ1) is 27.1. The van der Waals surface area contributed by atoms with Gasteiger partial charge in [0.2, 0.25) is 11.8 Å². The van der Waals surface area contributed by atoms with Crippen molar-refractivity contribution in [3.8, 4) is 0 Å². The number of tetrazole rings is 1. The molecule has 1 aromatic heterocycles. The zero-order valence-electron chi connectivity index (χ0n) is 21.5. The average Bonchev–Trinajstić information content (AvgIpc) is 3.56. The number of likely N-dealkylation sites (tertiary alicyclic amines) is 1. The maximum Gasteiger partial charge on any atom is 0.333 e. The third-order valence-corrected chi connectivity index (χ3v) is 9.63. The van der Waals surface area contributed by atoms with Gasteiger partial charge in [-0.3, -0.25) is 19.8 Å². The van der Waals surface area contributed by atoms with Crippen molar-refractivity contribution in [2.24, 2.45) is 29.4 Å². The summed E-state index contributed by atoms with van der Waals surface area (Å²) in [5.74, 6) is -3.31. The summed E-state index contributed by atoms with van der Waals surface area (Å²) >= 11 is 1.45. The number of carboxylic acid groups (broad SMARTS) is 1. The van der Waals surface area contributed by atoms with Crippen molar-refractivity contribution in [1.29, 1.82) is 5.41 Å². The SMILES string of the molecule is C[C@@H](NC(=O)Cn1cnnn1)[C@H]1C(=O)C2C(C(=O)O)=C(SC3CN[C@H](C(=O)N4CC(NC(=N)N)C4)C3)[C@H](C)[C@@H]21. The van der Waals surface area contributed by atoms with Gasteiger partial charge in [-0.2, -0.15) is 0 Å². The summed E-state index contributed by atoms with van der Waals surface area (Å²) in [5, 5.41) is 36.9. The number of Topliss-reactive ketones (excluding diaryl/α,β-unsaturated/α-hetero) is 1. The second-order valence-electron chi connectivity index (χ2n) is 10.7. The van der Waals surface area contributed by atoms with E-state index in [4.69, 9.17) is 11.1 Å². The van der Waals surface area contributed by atoms with Crippen molar-refractivity contribution in [3.63, 3.8) is 0 Å². The number of nitrogens with zero attached hydrogens (tertiary/aromatic N) is 5. The van der Waals surface area contributed by atoms with Gasteiger partial charge in [0.05, 0.1) is 23.6 Å². The van der Waals surface area contributed by atoms with Gasteiger partial charge in [-0.1, -0.05) is 6.92 Å². The highest BCUT2D eigenvalue weighted by Crippen LogP contribution is 2.58. The Labute approximate surface area is 228 Å². The number of carbonyl (C=O) groups is 4. The Kier molecular flexibility index (Phi) is 7.33. The number of allylic oxidation sites excluding steroid dienone is 1. The average molecular weight is 561 g/mol. The quantitative estimate of drug-likeness (QED) is 0.139. The molecular weight excluding hydrogens is 528 g/mol. The molecule has 3 heterocycles. The topological polar surface area (TPSA) is 221 Å². The number of fused-ring (bicyclic) bond motifs is 1. The van der Waals surface area contributed by atoms with E-state index in [-0.39, 0.29) is 64.8 Å². The molecule has 0 spiro atoms. The molecule has 4 aliphatic rings. The van der Waals surface area contributed by atoms with Crippen LogP contribution in [-0.4, -0.2) is 103 Å². The van der Waals surface area contributed by atoms with Crippen LogP contribution in [0.25, 0.3) is 0 Å². The highest BCUT2D eigenvalue weighted by molar-refractivity contribution is 8.03. The van der Waals surface area contributed by atoms with E-state index < -0.39 is 23.8 Å². The lowest BCUT2D eigenvalue weighted by atomic mass is 9.58. The van der Waals surface area contributed by atoms with Gasteiger partial charge in [0.25, 0.3) is 0 Å². The summed E-state index contributed by atoms with van der Waals surface area (Å²) in [6, 6.07) is -0.862. The highest BCUT2D eigenvalue weighted by atomic mass is 32.2. The van der Waals surface area contributed by atoms with Crippen molar-refractivity contribution < 1.29 is 24.3 Å². The van der Waals surface area contributed by atoms with Crippen LogP contribution in [0.3, 0.4) is 0 Å². The number of carboxylic acids is 1. The van der Waals surface area contributed by atoms with Gasteiger partial charge in [-0.05, 0) is 40.5 Å². The third-order valence-electron chi connectivity index (χ3n) is 8.09. The molecule has 16 heteroatoms. The standard InChI is InChI=1S/C23H32N10O5S/c1-9-15-16(10(2)28-14(34)7-33-8-27-30-31-33)19(35)17(15)18(22(37)38)20(9)39-12-3-13(26-4-12)21(36)32-5-11(6-32)29-23(24)25/h8-13,15-17,26H,3-7H2,1-2H3,(H,28,34)(H,37,38)(H4,24,25,29)/t9-,10-,12?,13+,15-,16-,17?/m1/s1. The maximum atomic E-state index is 13.2. The van der Waals surface area contributed by atoms with E-state index in [2.05, 4.69) is 31.5 Å². The summed E-state index contributed by atoms with van der Waals surface area (Å²) in [6.07, 6.45) is 1.87. The highest BCUT2D eigenvalue weighted by Gasteiger charge is 2.62. The van der Waals surface area contributed by atoms with Gasteiger partial charge >= 0.3 is 5.97 Å². The number of carbonyl (C=O) groups excluding carboxylic acids is 3. The lowest BCUT2D eigenvalue weighted by molar-refractivity contribution is -0.147. The minimum atomic E-state index is -1.10. The van der Waals surface area contributed by atoms with E-state index in [0.717, 1.165) is 0 Å². The van der Waals surface area contributed by atoms with Gasteiger partial charge < -0.3 is 31.7 Å². The third kappa shape index (κ3) is 5.09. The fourth-order valence-corrected chi connectivity index (χ4v) is 7.85. The zero-order chi connectivity index (χ0) is 28.0. The summed E-state index contributed by atoms with van der Waals surface area (Å²) in [7, 11) is 0. The van der Waals surface area contributed by atoms with Crippen molar-refractivity contribution in [2.45, 2.75) is 50.2 Å². The fraction of sp³-hybridized carbons (Fsp3) is 0.652. The molecular formula is C23H32N10O5S. The van der Waals surface area contributed by atoms with Crippen LogP contribution in [-0.2, 0) is 25.7 Å². The van der Waals surface area contributed by atoms with E-state index in [9.17, 15) is 24.3 Å². The molecule has 2 saturated heterocycles. The molecule has 1 saturated carbocycles. The number of nitrogens with one attached hydrogen (secondary N) is 4. The molecule has 0 radical (unpaired) electrons. The molecule has 2 unspecified atom stereocenters. The predicted molar refractivity (Wildman–Crippen MR) is 138 cm³/mol. The molecule has 2 aliphatic heterocycles. The fourth-order valence-electron chi connectivity index (χ4n) is 6.31. The molecule has 2 amide bonds. The number of guanidine groups is 1. The Morgan fingerprint density at radius 3 is 2.74 bits per heavy atom. The van der Waals surface area contributed by atoms with Crippen LogP contribution in [0, 0.1) is 29.1 Å². The molecule has 2 aliphatic carbocycles. The van der Waals surface area contributed by atoms with Crippen LogP contribution in [0.15, 0.2) is 16.8 Å². The van der Waals surface area contributed by atoms with Gasteiger partial charge in [0, 0.05) is 36.8 Å². The molecule has 7 atom stereocenters. The molecule has 1 aromatic rings. The molecule has 210 valence electrons. The van der Waals surface area contributed by atoms with Crippen LogP contribution < -0.4 is 21.7 Å². The first-order chi connectivity index (χ1) is 18.5.